The van der Waals surface area contributed by atoms with Gasteiger partial charge in [0.15, 0.2) is 0 Å². The Kier molecular flexibility index (Phi) is 5.70. The maximum Gasteiger partial charge on any atom is 0.137 e. The summed E-state index contributed by atoms with van der Waals surface area (Å²) in [6.45, 7) is 6.99. The summed E-state index contributed by atoms with van der Waals surface area (Å²) in [6.07, 6.45) is 3.42. The maximum absolute atomic E-state index is 10.0. The molecular formula is C19H29ClN2O2. The largest absolute Gasteiger partial charge is 0.492 e. The SMILES string of the molecule is CCOc1ccc(CN2CC[C@@]3(CO)CCCN(C)[C@@H]3C2)cc1Cl. The lowest BCUT2D eigenvalue weighted by molar-refractivity contribution is -0.0684. The van der Waals surface area contributed by atoms with Crippen LogP contribution in [0.3, 0.4) is 0 Å². The first kappa shape index (κ1) is 18.0. The van der Waals surface area contributed by atoms with Crippen LogP contribution < -0.4 is 4.74 Å². The summed E-state index contributed by atoms with van der Waals surface area (Å²) in [4.78, 5) is 4.93. The number of likely N-dealkylation sites (tertiary alicyclic amines) is 2. The number of fused-ring (bicyclic) bond motifs is 1. The average molecular weight is 353 g/mol. The van der Waals surface area contributed by atoms with E-state index in [9.17, 15) is 5.11 Å². The molecule has 2 aliphatic heterocycles. The molecule has 0 bridgehead atoms. The topological polar surface area (TPSA) is 35.9 Å². The third-order valence-electron chi connectivity index (χ3n) is 5.80. The first-order valence-corrected chi connectivity index (χ1v) is 9.40. The lowest BCUT2D eigenvalue weighted by atomic mass is 9.69. The van der Waals surface area contributed by atoms with Crippen molar-refractivity contribution in [3.8, 4) is 5.75 Å². The van der Waals surface area contributed by atoms with E-state index < -0.39 is 0 Å². The van der Waals surface area contributed by atoms with E-state index in [1.807, 2.05) is 19.1 Å². The summed E-state index contributed by atoms with van der Waals surface area (Å²) < 4.78 is 5.51. The molecule has 2 heterocycles. The van der Waals surface area contributed by atoms with Crippen molar-refractivity contribution in [1.82, 2.24) is 9.80 Å². The van der Waals surface area contributed by atoms with E-state index in [-0.39, 0.29) is 5.41 Å². The Balaban J connectivity index is 1.68. The van der Waals surface area contributed by atoms with Gasteiger partial charge in [0.2, 0.25) is 0 Å². The van der Waals surface area contributed by atoms with Crippen molar-refractivity contribution in [2.45, 2.75) is 38.8 Å². The van der Waals surface area contributed by atoms with Gasteiger partial charge in [0, 0.05) is 24.5 Å². The highest BCUT2D eigenvalue weighted by atomic mass is 35.5. The van der Waals surface area contributed by atoms with Crippen molar-refractivity contribution >= 4 is 11.6 Å². The zero-order valence-corrected chi connectivity index (χ0v) is 15.6. The number of benzene rings is 1. The molecule has 0 spiro atoms. The quantitative estimate of drug-likeness (QED) is 0.883. The van der Waals surface area contributed by atoms with Gasteiger partial charge in [0.25, 0.3) is 0 Å². The summed E-state index contributed by atoms with van der Waals surface area (Å²) in [5.41, 5.74) is 1.32. The van der Waals surface area contributed by atoms with Crippen molar-refractivity contribution in [2.75, 3.05) is 39.9 Å². The second kappa shape index (κ2) is 7.61. The van der Waals surface area contributed by atoms with E-state index >= 15 is 0 Å². The minimum atomic E-state index is 0.0972. The van der Waals surface area contributed by atoms with Crippen molar-refractivity contribution < 1.29 is 9.84 Å². The molecule has 2 atom stereocenters. The molecule has 24 heavy (non-hydrogen) atoms. The van der Waals surface area contributed by atoms with Gasteiger partial charge in [0.1, 0.15) is 5.75 Å². The Morgan fingerprint density at radius 2 is 2.17 bits per heavy atom. The van der Waals surface area contributed by atoms with Crippen LogP contribution in [-0.2, 0) is 6.54 Å². The fourth-order valence-electron chi connectivity index (χ4n) is 4.39. The lowest BCUT2D eigenvalue weighted by Crippen LogP contribution is -2.61. The van der Waals surface area contributed by atoms with Gasteiger partial charge < -0.3 is 14.7 Å². The van der Waals surface area contributed by atoms with Crippen LogP contribution in [0.2, 0.25) is 5.02 Å². The van der Waals surface area contributed by atoms with Crippen LogP contribution in [0, 0.1) is 5.41 Å². The highest BCUT2D eigenvalue weighted by Gasteiger charge is 2.46. The van der Waals surface area contributed by atoms with Crippen molar-refractivity contribution in [3.63, 3.8) is 0 Å². The summed E-state index contributed by atoms with van der Waals surface area (Å²) >= 11 is 6.32. The third-order valence-corrected chi connectivity index (χ3v) is 6.09. The summed E-state index contributed by atoms with van der Waals surface area (Å²) in [6, 6.07) is 6.54. The fraction of sp³-hybridized carbons (Fsp3) is 0.684. The molecule has 0 aromatic heterocycles. The van der Waals surface area contributed by atoms with Crippen LogP contribution in [0.1, 0.15) is 31.7 Å². The molecule has 1 aromatic carbocycles. The number of aliphatic hydroxyl groups is 1. The zero-order chi connectivity index (χ0) is 17.2. The highest BCUT2D eigenvalue weighted by Crippen LogP contribution is 2.41. The zero-order valence-electron chi connectivity index (χ0n) is 14.8. The van der Waals surface area contributed by atoms with E-state index in [0.717, 1.165) is 44.8 Å². The minimum absolute atomic E-state index is 0.0972. The molecule has 4 nitrogen and oxygen atoms in total. The third kappa shape index (κ3) is 3.57. The Morgan fingerprint density at radius 3 is 2.88 bits per heavy atom. The van der Waals surface area contributed by atoms with Gasteiger partial charge in [-0.3, -0.25) is 4.90 Å². The molecule has 0 saturated carbocycles. The Morgan fingerprint density at radius 1 is 1.33 bits per heavy atom. The number of ether oxygens (including phenoxy) is 1. The average Bonchev–Trinajstić information content (AvgIpc) is 2.58. The molecule has 0 radical (unpaired) electrons. The molecule has 2 aliphatic rings. The van der Waals surface area contributed by atoms with Crippen LogP contribution in [0.5, 0.6) is 5.75 Å². The van der Waals surface area contributed by atoms with Crippen LogP contribution in [0.4, 0.5) is 0 Å². The molecule has 3 rings (SSSR count). The van der Waals surface area contributed by atoms with E-state index in [1.54, 1.807) is 0 Å². The molecule has 0 unspecified atom stereocenters. The second-order valence-electron chi connectivity index (χ2n) is 7.30. The molecule has 1 aromatic rings. The first-order chi connectivity index (χ1) is 11.6. The van der Waals surface area contributed by atoms with Crippen molar-refractivity contribution in [3.05, 3.63) is 28.8 Å². The van der Waals surface area contributed by atoms with Crippen LogP contribution in [-0.4, -0.2) is 60.8 Å². The maximum atomic E-state index is 10.0. The molecular weight excluding hydrogens is 324 g/mol. The van der Waals surface area contributed by atoms with Gasteiger partial charge in [0.05, 0.1) is 18.2 Å². The van der Waals surface area contributed by atoms with Gasteiger partial charge in [-0.2, -0.15) is 0 Å². The van der Waals surface area contributed by atoms with Gasteiger partial charge in [-0.15, -0.1) is 0 Å². The number of rotatable bonds is 5. The highest BCUT2D eigenvalue weighted by molar-refractivity contribution is 6.32. The van der Waals surface area contributed by atoms with E-state index in [2.05, 4.69) is 22.9 Å². The number of hydrogen-bond acceptors (Lipinski definition) is 4. The minimum Gasteiger partial charge on any atom is -0.492 e. The second-order valence-corrected chi connectivity index (χ2v) is 7.71. The Hall–Kier alpha value is -0.810. The van der Waals surface area contributed by atoms with Crippen molar-refractivity contribution in [1.29, 1.82) is 0 Å². The molecule has 5 heteroatoms. The molecule has 0 amide bonds. The Bertz CT molecular complexity index is 568. The number of hydrogen-bond donors (Lipinski definition) is 1. The van der Waals surface area contributed by atoms with Gasteiger partial charge >= 0.3 is 0 Å². The molecule has 134 valence electrons. The van der Waals surface area contributed by atoms with E-state index in [0.29, 0.717) is 24.3 Å². The number of nitrogens with zero attached hydrogens (tertiary/aromatic N) is 2. The van der Waals surface area contributed by atoms with Crippen LogP contribution in [0.25, 0.3) is 0 Å². The van der Waals surface area contributed by atoms with Crippen LogP contribution in [0.15, 0.2) is 18.2 Å². The number of likely N-dealkylation sites (N-methyl/N-ethyl adjacent to an activating group) is 1. The smallest absolute Gasteiger partial charge is 0.137 e. The number of aliphatic hydroxyl groups excluding tert-OH is 1. The molecule has 1 N–H and O–H groups in total. The number of piperidine rings is 2. The van der Waals surface area contributed by atoms with Gasteiger partial charge in [-0.25, -0.2) is 0 Å². The predicted molar refractivity (Wildman–Crippen MR) is 97.7 cm³/mol. The number of halogens is 1. The van der Waals surface area contributed by atoms with E-state index in [1.165, 1.54) is 12.0 Å². The standard InChI is InChI=1S/C19H29ClN2O2/c1-3-24-17-6-5-15(11-16(17)20)12-22-10-8-19(14-23)7-4-9-21(2)18(19)13-22/h5-6,11,18,23H,3-4,7-10,12-14H2,1-2H3/t18-,19-/m1/s1. The van der Waals surface area contributed by atoms with Gasteiger partial charge in [-0.05, 0) is 64.0 Å². The molecule has 0 aliphatic carbocycles. The molecule has 2 fully saturated rings. The van der Waals surface area contributed by atoms with Crippen molar-refractivity contribution in [2.24, 2.45) is 5.41 Å². The van der Waals surface area contributed by atoms with E-state index in [4.69, 9.17) is 16.3 Å². The lowest BCUT2D eigenvalue weighted by Gasteiger charge is -2.53. The monoisotopic (exact) mass is 352 g/mol. The summed E-state index contributed by atoms with van der Waals surface area (Å²) in [5.74, 6) is 0.757. The van der Waals surface area contributed by atoms with Gasteiger partial charge in [-0.1, -0.05) is 17.7 Å². The first-order valence-electron chi connectivity index (χ1n) is 9.02. The Labute approximate surface area is 150 Å². The summed E-state index contributed by atoms with van der Waals surface area (Å²) in [7, 11) is 2.20. The fourth-order valence-corrected chi connectivity index (χ4v) is 4.65. The predicted octanol–water partition coefficient (Wildman–Crippen LogP) is 3.02. The normalized spacial score (nSPS) is 28.6. The van der Waals surface area contributed by atoms with Crippen LogP contribution >= 0.6 is 11.6 Å². The molecule has 2 saturated heterocycles. The summed E-state index contributed by atoms with van der Waals surface area (Å²) in [5, 5.41) is 10.7.